The SMILES string of the molecule is CCc1ccc(CN2CCC(CO)C2)o1. The van der Waals surface area contributed by atoms with Gasteiger partial charge in [-0.3, -0.25) is 4.90 Å². The summed E-state index contributed by atoms with van der Waals surface area (Å²) in [6, 6.07) is 4.11. The van der Waals surface area contributed by atoms with Gasteiger partial charge in [0, 0.05) is 19.6 Å². The molecule has 1 aliphatic rings. The average molecular weight is 209 g/mol. The van der Waals surface area contributed by atoms with Crippen LogP contribution in [0.1, 0.15) is 24.9 Å². The van der Waals surface area contributed by atoms with Gasteiger partial charge in [-0.15, -0.1) is 0 Å². The van der Waals surface area contributed by atoms with Crippen molar-refractivity contribution in [3.05, 3.63) is 23.7 Å². The minimum Gasteiger partial charge on any atom is -0.465 e. The molecule has 1 aliphatic heterocycles. The molecule has 1 fully saturated rings. The van der Waals surface area contributed by atoms with Gasteiger partial charge in [0.1, 0.15) is 11.5 Å². The van der Waals surface area contributed by atoms with E-state index in [1.807, 2.05) is 0 Å². The number of nitrogens with zero attached hydrogens (tertiary/aromatic N) is 1. The van der Waals surface area contributed by atoms with E-state index in [0.717, 1.165) is 44.0 Å². The van der Waals surface area contributed by atoms with E-state index in [9.17, 15) is 0 Å². The summed E-state index contributed by atoms with van der Waals surface area (Å²) in [5.74, 6) is 2.57. The Morgan fingerprint density at radius 2 is 2.27 bits per heavy atom. The van der Waals surface area contributed by atoms with Crippen LogP contribution in [-0.2, 0) is 13.0 Å². The number of rotatable bonds is 4. The van der Waals surface area contributed by atoms with Crippen molar-refractivity contribution in [1.82, 2.24) is 4.90 Å². The second-order valence-electron chi connectivity index (χ2n) is 4.29. The molecule has 3 nitrogen and oxygen atoms in total. The van der Waals surface area contributed by atoms with Gasteiger partial charge in [0.05, 0.1) is 6.54 Å². The molecule has 2 heterocycles. The summed E-state index contributed by atoms with van der Waals surface area (Å²) in [5.41, 5.74) is 0. The lowest BCUT2D eigenvalue weighted by molar-refractivity contribution is 0.215. The quantitative estimate of drug-likeness (QED) is 0.819. The van der Waals surface area contributed by atoms with Crippen molar-refractivity contribution in [2.24, 2.45) is 5.92 Å². The molecule has 0 aliphatic carbocycles. The van der Waals surface area contributed by atoms with Gasteiger partial charge in [-0.2, -0.15) is 0 Å². The molecule has 3 heteroatoms. The minimum atomic E-state index is 0.314. The molecule has 0 bridgehead atoms. The van der Waals surface area contributed by atoms with Crippen LogP contribution in [0.3, 0.4) is 0 Å². The van der Waals surface area contributed by atoms with E-state index in [-0.39, 0.29) is 0 Å². The van der Waals surface area contributed by atoms with E-state index >= 15 is 0 Å². The first-order valence-electron chi connectivity index (χ1n) is 5.72. The summed E-state index contributed by atoms with van der Waals surface area (Å²) >= 11 is 0. The van der Waals surface area contributed by atoms with E-state index in [4.69, 9.17) is 9.52 Å². The van der Waals surface area contributed by atoms with Gasteiger partial charge in [0.25, 0.3) is 0 Å². The van der Waals surface area contributed by atoms with E-state index in [0.29, 0.717) is 12.5 Å². The molecule has 1 atom stereocenters. The lowest BCUT2D eigenvalue weighted by atomic mass is 10.1. The van der Waals surface area contributed by atoms with Crippen LogP contribution in [0.5, 0.6) is 0 Å². The van der Waals surface area contributed by atoms with Gasteiger partial charge < -0.3 is 9.52 Å². The molecule has 1 unspecified atom stereocenters. The molecular formula is C12H19NO2. The third-order valence-electron chi connectivity index (χ3n) is 3.07. The Labute approximate surface area is 90.7 Å². The van der Waals surface area contributed by atoms with Crippen molar-refractivity contribution in [2.45, 2.75) is 26.3 Å². The molecule has 1 N–H and O–H groups in total. The topological polar surface area (TPSA) is 36.6 Å². The van der Waals surface area contributed by atoms with Crippen LogP contribution in [0.15, 0.2) is 16.5 Å². The molecule has 0 spiro atoms. The Kier molecular flexibility index (Phi) is 3.44. The second kappa shape index (κ2) is 4.81. The number of furan rings is 1. The molecule has 1 aromatic heterocycles. The van der Waals surface area contributed by atoms with Crippen LogP contribution in [-0.4, -0.2) is 29.7 Å². The van der Waals surface area contributed by atoms with Crippen molar-refractivity contribution in [3.8, 4) is 0 Å². The third-order valence-corrected chi connectivity index (χ3v) is 3.07. The van der Waals surface area contributed by atoms with Crippen LogP contribution >= 0.6 is 0 Å². The second-order valence-corrected chi connectivity index (χ2v) is 4.29. The first kappa shape index (κ1) is 10.7. The summed E-state index contributed by atoms with van der Waals surface area (Å²) < 4.78 is 5.66. The van der Waals surface area contributed by atoms with Crippen LogP contribution in [0.4, 0.5) is 0 Å². The fraction of sp³-hybridized carbons (Fsp3) is 0.667. The number of aliphatic hydroxyl groups is 1. The highest BCUT2D eigenvalue weighted by molar-refractivity contribution is 5.07. The zero-order valence-corrected chi connectivity index (χ0v) is 9.28. The Balaban J connectivity index is 1.87. The maximum absolute atomic E-state index is 9.04. The smallest absolute Gasteiger partial charge is 0.118 e. The molecule has 84 valence electrons. The summed E-state index contributed by atoms with van der Waals surface area (Å²) in [5, 5.41) is 9.04. The molecule has 15 heavy (non-hydrogen) atoms. The molecule has 0 saturated carbocycles. The Bertz CT molecular complexity index is 308. The fourth-order valence-corrected chi connectivity index (χ4v) is 2.12. The van der Waals surface area contributed by atoms with E-state index < -0.39 is 0 Å². The zero-order chi connectivity index (χ0) is 10.7. The molecular weight excluding hydrogens is 190 g/mol. The summed E-state index contributed by atoms with van der Waals surface area (Å²) in [6.07, 6.45) is 2.07. The minimum absolute atomic E-state index is 0.314. The van der Waals surface area contributed by atoms with Crippen molar-refractivity contribution in [3.63, 3.8) is 0 Å². The Morgan fingerprint density at radius 1 is 1.47 bits per heavy atom. The van der Waals surface area contributed by atoms with Gasteiger partial charge >= 0.3 is 0 Å². The molecule has 0 aromatic carbocycles. The van der Waals surface area contributed by atoms with Crippen molar-refractivity contribution >= 4 is 0 Å². The van der Waals surface area contributed by atoms with Crippen LogP contribution < -0.4 is 0 Å². The average Bonchev–Trinajstić information content (AvgIpc) is 2.87. The van der Waals surface area contributed by atoms with Crippen molar-refractivity contribution < 1.29 is 9.52 Å². The normalized spacial score (nSPS) is 22.4. The number of aryl methyl sites for hydroxylation is 1. The fourth-order valence-electron chi connectivity index (χ4n) is 2.12. The molecule has 0 radical (unpaired) electrons. The number of aliphatic hydroxyl groups excluding tert-OH is 1. The lowest BCUT2D eigenvalue weighted by Gasteiger charge is -2.13. The predicted octanol–water partition coefficient (Wildman–Crippen LogP) is 1.66. The van der Waals surface area contributed by atoms with Crippen LogP contribution in [0, 0.1) is 5.92 Å². The predicted molar refractivity (Wildman–Crippen MR) is 58.6 cm³/mol. The third kappa shape index (κ3) is 2.61. The van der Waals surface area contributed by atoms with Gasteiger partial charge in [-0.25, -0.2) is 0 Å². The van der Waals surface area contributed by atoms with E-state index in [1.54, 1.807) is 0 Å². The van der Waals surface area contributed by atoms with Gasteiger partial charge in [-0.05, 0) is 31.0 Å². The Morgan fingerprint density at radius 3 is 2.87 bits per heavy atom. The first-order chi connectivity index (χ1) is 7.31. The van der Waals surface area contributed by atoms with Gasteiger partial charge in [0.15, 0.2) is 0 Å². The monoisotopic (exact) mass is 209 g/mol. The molecule has 1 aromatic rings. The summed E-state index contributed by atoms with van der Waals surface area (Å²) in [7, 11) is 0. The van der Waals surface area contributed by atoms with E-state index in [1.165, 1.54) is 0 Å². The van der Waals surface area contributed by atoms with Crippen molar-refractivity contribution in [2.75, 3.05) is 19.7 Å². The molecule has 2 rings (SSSR count). The van der Waals surface area contributed by atoms with Crippen LogP contribution in [0.2, 0.25) is 0 Å². The molecule has 1 saturated heterocycles. The van der Waals surface area contributed by atoms with E-state index in [2.05, 4.69) is 24.0 Å². The van der Waals surface area contributed by atoms with Crippen LogP contribution in [0.25, 0.3) is 0 Å². The lowest BCUT2D eigenvalue weighted by Crippen LogP contribution is -2.20. The highest BCUT2D eigenvalue weighted by Gasteiger charge is 2.22. The van der Waals surface area contributed by atoms with Gasteiger partial charge in [0.2, 0.25) is 0 Å². The maximum atomic E-state index is 9.04. The summed E-state index contributed by atoms with van der Waals surface area (Å²) in [6.45, 7) is 5.37. The first-order valence-corrected chi connectivity index (χ1v) is 5.72. The standard InChI is InChI=1S/C12H19NO2/c1-2-11-3-4-12(15-11)8-13-6-5-10(7-13)9-14/h3-4,10,14H,2,5-9H2,1H3. The highest BCUT2D eigenvalue weighted by Crippen LogP contribution is 2.19. The molecule has 0 amide bonds. The number of hydrogen-bond donors (Lipinski definition) is 1. The maximum Gasteiger partial charge on any atom is 0.118 e. The van der Waals surface area contributed by atoms with Gasteiger partial charge in [-0.1, -0.05) is 6.92 Å². The zero-order valence-electron chi connectivity index (χ0n) is 9.28. The van der Waals surface area contributed by atoms with Crippen molar-refractivity contribution in [1.29, 1.82) is 0 Å². The number of likely N-dealkylation sites (tertiary alicyclic amines) is 1. The highest BCUT2D eigenvalue weighted by atomic mass is 16.3. The largest absolute Gasteiger partial charge is 0.465 e. The summed E-state index contributed by atoms with van der Waals surface area (Å²) in [4.78, 5) is 2.35. The Hall–Kier alpha value is -0.800. The number of hydrogen-bond acceptors (Lipinski definition) is 3.